The van der Waals surface area contributed by atoms with Crippen LogP contribution in [0, 0.1) is 6.92 Å². The summed E-state index contributed by atoms with van der Waals surface area (Å²) in [5.41, 5.74) is 1.48. The smallest absolute Gasteiger partial charge is 0.356 e. The standard InChI is InChI=1S/C11H8BrClN2O2/c1-6-4-10(11(16)17)14-15(6)7-2-3-8(12)9(13)5-7/h2-5H,1H3,(H,16,17). The number of rotatable bonds is 2. The third-order valence-electron chi connectivity index (χ3n) is 2.25. The zero-order chi connectivity index (χ0) is 12.6. The molecule has 1 aromatic heterocycles. The average Bonchev–Trinajstić information content (AvgIpc) is 2.65. The molecule has 0 spiro atoms. The van der Waals surface area contributed by atoms with Crippen molar-refractivity contribution < 1.29 is 9.90 Å². The number of hydrogen-bond donors (Lipinski definition) is 1. The van der Waals surface area contributed by atoms with Crippen molar-refractivity contribution in [3.8, 4) is 5.69 Å². The second-order valence-electron chi connectivity index (χ2n) is 3.49. The molecule has 6 heteroatoms. The summed E-state index contributed by atoms with van der Waals surface area (Å²) in [5.74, 6) is -1.05. The summed E-state index contributed by atoms with van der Waals surface area (Å²) in [6.07, 6.45) is 0. The Bertz CT molecular complexity index is 595. The number of nitrogens with zero attached hydrogens (tertiary/aromatic N) is 2. The van der Waals surface area contributed by atoms with E-state index in [2.05, 4.69) is 21.0 Å². The van der Waals surface area contributed by atoms with Gasteiger partial charge in [0.05, 0.1) is 10.7 Å². The predicted molar refractivity (Wildman–Crippen MR) is 68.0 cm³/mol. The Kier molecular flexibility index (Phi) is 3.22. The van der Waals surface area contributed by atoms with Crippen LogP contribution in [0.2, 0.25) is 5.02 Å². The van der Waals surface area contributed by atoms with Crippen LogP contribution in [0.5, 0.6) is 0 Å². The van der Waals surface area contributed by atoms with Gasteiger partial charge in [-0.05, 0) is 47.1 Å². The number of halogens is 2. The van der Waals surface area contributed by atoms with Crippen LogP contribution in [-0.2, 0) is 0 Å². The molecule has 2 aromatic rings. The molecule has 0 aliphatic heterocycles. The number of benzene rings is 1. The molecule has 2 rings (SSSR count). The number of carboxylic acid groups (broad SMARTS) is 1. The lowest BCUT2D eigenvalue weighted by Crippen LogP contribution is -2.02. The van der Waals surface area contributed by atoms with Crippen molar-refractivity contribution in [3.63, 3.8) is 0 Å². The van der Waals surface area contributed by atoms with E-state index in [-0.39, 0.29) is 5.69 Å². The van der Waals surface area contributed by atoms with Crippen molar-refractivity contribution in [2.45, 2.75) is 6.92 Å². The molecule has 17 heavy (non-hydrogen) atoms. The lowest BCUT2D eigenvalue weighted by molar-refractivity contribution is 0.0690. The molecule has 1 N–H and O–H groups in total. The molecule has 0 aliphatic rings. The van der Waals surface area contributed by atoms with Crippen LogP contribution in [0.15, 0.2) is 28.7 Å². The summed E-state index contributed by atoms with van der Waals surface area (Å²) in [6.45, 7) is 1.79. The Hall–Kier alpha value is -1.33. The van der Waals surface area contributed by atoms with Crippen molar-refractivity contribution in [2.75, 3.05) is 0 Å². The molecule has 0 amide bonds. The molecule has 1 aromatic carbocycles. The van der Waals surface area contributed by atoms with Crippen LogP contribution in [0.3, 0.4) is 0 Å². The van der Waals surface area contributed by atoms with Crippen molar-refractivity contribution >= 4 is 33.5 Å². The molecule has 0 fully saturated rings. The number of aryl methyl sites for hydroxylation is 1. The van der Waals surface area contributed by atoms with E-state index in [1.165, 1.54) is 6.07 Å². The maximum Gasteiger partial charge on any atom is 0.356 e. The van der Waals surface area contributed by atoms with E-state index in [4.69, 9.17) is 16.7 Å². The van der Waals surface area contributed by atoms with Gasteiger partial charge in [-0.3, -0.25) is 0 Å². The fraction of sp³-hybridized carbons (Fsp3) is 0.0909. The second-order valence-corrected chi connectivity index (χ2v) is 4.75. The van der Waals surface area contributed by atoms with E-state index in [0.717, 1.165) is 15.9 Å². The second kappa shape index (κ2) is 4.50. The Morgan fingerprint density at radius 2 is 2.18 bits per heavy atom. The highest BCUT2D eigenvalue weighted by molar-refractivity contribution is 9.10. The Morgan fingerprint density at radius 1 is 1.47 bits per heavy atom. The molecular weight excluding hydrogens is 307 g/mol. The molecular formula is C11H8BrClN2O2. The number of carboxylic acids is 1. The highest BCUT2D eigenvalue weighted by atomic mass is 79.9. The van der Waals surface area contributed by atoms with Crippen LogP contribution in [0.25, 0.3) is 5.69 Å². The summed E-state index contributed by atoms with van der Waals surface area (Å²) in [7, 11) is 0. The maximum atomic E-state index is 10.8. The molecule has 0 unspecified atom stereocenters. The predicted octanol–water partition coefficient (Wildman–Crippen LogP) is 3.29. The van der Waals surface area contributed by atoms with E-state index in [1.807, 2.05) is 6.07 Å². The van der Waals surface area contributed by atoms with Crippen LogP contribution in [0.1, 0.15) is 16.2 Å². The number of aromatic carboxylic acids is 1. The zero-order valence-electron chi connectivity index (χ0n) is 8.82. The molecule has 0 atom stereocenters. The van der Waals surface area contributed by atoms with Gasteiger partial charge in [0.15, 0.2) is 5.69 Å². The zero-order valence-corrected chi connectivity index (χ0v) is 11.2. The van der Waals surface area contributed by atoms with Crippen molar-refractivity contribution in [2.24, 2.45) is 0 Å². The van der Waals surface area contributed by atoms with Crippen molar-refractivity contribution in [3.05, 3.63) is 45.1 Å². The van der Waals surface area contributed by atoms with E-state index in [1.54, 1.807) is 23.7 Å². The Morgan fingerprint density at radius 3 is 2.71 bits per heavy atom. The molecule has 0 saturated carbocycles. The largest absolute Gasteiger partial charge is 0.476 e. The normalized spacial score (nSPS) is 10.5. The molecule has 4 nitrogen and oxygen atoms in total. The highest BCUT2D eigenvalue weighted by Gasteiger charge is 2.12. The summed E-state index contributed by atoms with van der Waals surface area (Å²) < 4.78 is 2.33. The fourth-order valence-corrected chi connectivity index (χ4v) is 1.88. The number of carbonyl (C=O) groups is 1. The first kappa shape index (κ1) is 12.1. The summed E-state index contributed by atoms with van der Waals surface area (Å²) in [6, 6.07) is 6.83. The summed E-state index contributed by atoms with van der Waals surface area (Å²) in [5, 5.41) is 13.4. The fourth-order valence-electron chi connectivity index (χ4n) is 1.46. The lowest BCUT2D eigenvalue weighted by atomic mass is 10.3. The van der Waals surface area contributed by atoms with Crippen LogP contribution < -0.4 is 0 Å². The quantitative estimate of drug-likeness (QED) is 0.925. The molecule has 0 aliphatic carbocycles. The van der Waals surface area contributed by atoms with Gasteiger partial charge >= 0.3 is 5.97 Å². The molecule has 1 heterocycles. The van der Waals surface area contributed by atoms with Gasteiger partial charge in [-0.1, -0.05) is 11.6 Å². The van der Waals surface area contributed by atoms with Crippen LogP contribution in [0.4, 0.5) is 0 Å². The molecule has 0 bridgehead atoms. The van der Waals surface area contributed by atoms with Gasteiger partial charge in [0.2, 0.25) is 0 Å². The Labute approximate surface area is 111 Å². The summed E-state index contributed by atoms with van der Waals surface area (Å²) in [4.78, 5) is 10.8. The van der Waals surface area contributed by atoms with Gasteiger partial charge in [-0.15, -0.1) is 0 Å². The monoisotopic (exact) mass is 314 g/mol. The van der Waals surface area contributed by atoms with Gasteiger partial charge in [0.25, 0.3) is 0 Å². The third kappa shape index (κ3) is 2.35. The molecule has 0 radical (unpaired) electrons. The van der Waals surface area contributed by atoms with Crippen molar-refractivity contribution in [1.29, 1.82) is 0 Å². The first-order valence-corrected chi connectivity index (χ1v) is 5.91. The van der Waals surface area contributed by atoms with Crippen LogP contribution >= 0.6 is 27.5 Å². The van der Waals surface area contributed by atoms with Gasteiger partial charge in [0.1, 0.15) is 0 Å². The van der Waals surface area contributed by atoms with Gasteiger partial charge in [0, 0.05) is 10.2 Å². The summed E-state index contributed by atoms with van der Waals surface area (Å²) >= 11 is 9.27. The highest BCUT2D eigenvalue weighted by Crippen LogP contribution is 2.25. The number of hydrogen-bond acceptors (Lipinski definition) is 2. The third-order valence-corrected chi connectivity index (χ3v) is 3.49. The SMILES string of the molecule is Cc1cc(C(=O)O)nn1-c1ccc(Br)c(Cl)c1. The van der Waals surface area contributed by atoms with Crippen LogP contribution in [-0.4, -0.2) is 20.9 Å². The first-order chi connectivity index (χ1) is 7.99. The van der Waals surface area contributed by atoms with E-state index in [9.17, 15) is 4.79 Å². The average molecular weight is 316 g/mol. The minimum Gasteiger partial charge on any atom is -0.476 e. The molecule has 0 saturated heterocycles. The van der Waals surface area contributed by atoms with Crippen molar-refractivity contribution in [1.82, 2.24) is 9.78 Å². The minimum absolute atomic E-state index is 0.0153. The lowest BCUT2D eigenvalue weighted by Gasteiger charge is -2.05. The van der Waals surface area contributed by atoms with Gasteiger partial charge in [-0.2, -0.15) is 5.10 Å². The first-order valence-electron chi connectivity index (χ1n) is 4.74. The van der Waals surface area contributed by atoms with Gasteiger partial charge in [-0.25, -0.2) is 9.48 Å². The maximum absolute atomic E-state index is 10.8. The van der Waals surface area contributed by atoms with E-state index in [0.29, 0.717) is 5.02 Å². The van der Waals surface area contributed by atoms with E-state index >= 15 is 0 Å². The topological polar surface area (TPSA) is 55.1 Å². The minimum atomic E-state index is -1.05. The molecule has 88 valence electrons. The van der Waals surface area contributed by atoms with Gasteiger partial charge < -0.3 is 5.11 Å². The number of aromatic nitrogens is 2. The van der Waals surface area contributed by atoms with E-state index < -0.39 is 5.97 Å². The Balaban J connectivity index is 2.52.